The van der Waals surface area contributed by atoms with Crippen molar-refractivity contribution >= 4 is 49.5 Å². The van der Waals surface area contributed by atoms with Gasteiger partial charge >= 0.3 is 0 Å². The molecule has 156 valence electrons. The number of rotatable bonds is 4. The molecular formula is C21H21N3O4S2. The Hall–Kier alpha value is -2.72. The van der Waals surface area contributed by atoms with Crippen molar-refractivity contribution in [1.29, 1.82) is 0 Å². The molecule has 7 nitrogen and oxygen atoms in total. The van der Waals surface area contributed by atoms with Crippen LogP contribution < -0.4 is 10.6 Å². The van der Waals surface area contributed by atoms with E-state index in [4.69, 9.17) is 17.0 Å². The first-order valence-electron chi connectivity index (χ1n) is 9.42. The summed E-state index contributed by atoms with van der Waals surface area (Å²) in [7, 11) is -3.53. The predicted octanol–water partition coefficient (Wildman–Crippen LogP) is 3.38. The van der Waals surface area contributed by atoms with Gasteiger partial charge in [-0.25, -0.2) is 8.42 Å². The highest BCUT2D eigenvalue weighted by molar-refractivity contribution is 7.89. The summed E-state index contributed by atoms with van der Waals surface area (Å²) in [5.41, 5.74) is 1.42. The molecule has 1 heterocycles. The maximum absolute atomic E-state index is 12.7. The second-order valence-corrected chi connectivity index (χ2v) is 9.14. The molecule has 9 heteroatoms. The maximum atomic E-state index is 12.7. The Labute approximate surface area is 180 Å². The third-order valence-corrected chi connectivity index (χ3v) is 6.98. The number of benzene rings is 3. The highest BCUT2D eigenvalue weighted by atomic mass is 32.2. The van der Waals surface area contributed by atoms with Gasteiger partial charge < -0.3 is 20.5 Å². The second kappa shape index (κ2) is 8.57. The SMILES string of the molecule is O=S(=O)(c1ccc(NC(=S)Nc2cccc3c(O)cccc23)cc1)N1CCOCC1. The number of anilines is 2. The van der Waals surface area contributed by atoms with Gasteiger partial charge in [0, 0.05) is 35.2 Å². The minimum absolute atomic E-state index is 0.201. The highest BCUT2D eigenvalue weighted by Gasteiger charge is 2.26. The van der Waals surface area contributed by atoms with E-state index in [2.05, 4.69) is 10.6 Å². The van der Waals surface area contributed by atoms with Crippen LogP contribution in [0.2, 0.25) is 0 Å². The zero-order valence-corrected chi connectivity index (χ0v) is 17.7. The van der Waals surface area contributed by atoms with E-state index >= 15 is 0 Å². The number of ether oxygens (including phenoxy) is 1. The van der Waals surface area contributed by atoms with Crippen molar-refractivity contribution in [2.24, 2.45) is 0 Å². The molecule has 0 aromatic heterocycles. The number of hydrogen-bond donors (Lipinski definition) is 3. The number of morpholine rings is 1. The lowest BCUT2D eigenvalue weighted by molar-refractivity contribution is 0.0730. The molecule has 3 aromatic rings. The quantitative estimate of drug-likeness (QED) is 0.533. The van der Waals surface area contributed by atoms with Crippen LogP contribution in [0.25, 0.3) is 10.8 Å². The van der Waals surface area contributed by atoms with E-state index in [1.165, 1.54) is 4.31 Å². The Morgan fingerprint density at radius 3 is 2.33 bits per heavy atom. The normalized spacial score (nSPS) is 15.1. The van der Waals surface area contributed by atoms with Crippen LogP contribution in [-0.2, 0) is 14.8 Å². The lowest BCUT2D eigenvalue weighted by Crippen LogP contribution is -2.40. The average molecular weight is 444 g/mol. The van der Waals surface area contributed by atoms with Gasteiger partial charge in [0.05, 0.1) is 18.1 Å². The van der Waals surface area contributed by atoms with Gasteiger partial charge in [-0.3, -0.25) is 0 Å². The van der Waals surface area contributed by atoms with Crippen LogP contribution in [0.3, 0.4) is 0 Å². The van der Waals surface area contributed by atoms with Crippen LogP contribution in [0.4, 0.5) is 11.4 Å². The second-order valence-electron chi connectivity index (χ2n) is 6.80. The zero-order chi connectivity index (χ0) is 21.1. The van der Waals surface area contributed by atoms with Crippen LogP contribution in [0.5, 0.6) is 5.75 Å². The van der Waals surface area contributed by atoms with Crippen molar-refractivity contribution in [3.8, 4) is 5.75 Å². The zero-order valence-electron chi connectivity index (χ0n) is 16.0. The Bertz CT molecular complexity index is 1170. The van der Waals surface area contributed by atoms with Crippen LogP contribution in [0.15, 0.2) is 65.6 Å². The summed E-state index contributed by atoms with van der Waals surface area (Å²) in [6, 6.07) is 17.3. The summed E-state index contributed by atoms with van der Waals surface area (Å²) in [5, 5.41) is 18.1. The molecule has 3 aromatic carbocycles. The molecule has 0 atom stereocenters. The minimum Gasteiger partial charge on any atom is -0.507 e. The topological polar surface area (TPSA) is 90.9 Å². The van der Waals surface area contributed by atoms with E-state index < -0.39 is 10.0 Å². The van der Waals surface area contributed by atoms with Crippen molar-refractivity contribution in [3.05, 3.63) is 60.7 Å². The van der Waals surface area contributed by atoms with Gasteiger partial charge in [-0.2, -0.15) is 4.31 Å². The molecule has 1 fully saturated rings. The van der Waals surface area contributed by atoms with Gasteiger partial charge in [0.1, 0.15) is 5.75 Å². The first-order chi connectivity index (χ1) is 14.4. The van der Waals surface area contributed by atoms with Gasteiger partial charge in [-0.1, -0.05) is 24.3 Å². The number of nitrogens with zero attached hydrogens (tertiary/aromatic N) is 1. The molecule has 0 radical (unpaired) electrons. The fourth-order valence-electron chi connectivity index (χ4n) is 3.33. The number of thiocarbonyl (C=S) groups is 1. The Balaban J connectivity index is 1.46. The lowest BCUT2D eigenvalue weighted by atomic mass is 10.1. The summed E-state index contributed by atoms with van der Waals surface area (Å²) >= 11 is 5.40. The minimum atomic E-state index is -3.53. The molecular weight excluding hydrogens is 422 g/mol. The van der Waals surface area contributed by atoms with Crippen molar-refractivity contribution in [1.82, 2.24) is 4.31 Å². The average Bonchev–Trinajstić information content (AvgIpc) is 2.75. The van der Waals surface area contributed by atoms with Gasteiger partial charge in [-0.15, -0.1) is 0 Å². The third-order valence-electron chi connectivity index (χ3n) is 4.87. The van der Waals surface area contributed by atoms with Crippen molar-refractivity contribution in [2.75, 3.05) is 36.9 Å². The van der Waals surface area contributed by atoms with Crippen molar-refractivity contribution in [2.45, 2.75) is 4.90 Å². The summed E-state index contributed by atoms with van der Waals surface area (Å²) in [4.78, 5) is 0.235. The van der Waals surface area contributed by atoms with Crippen LogP contribution in [0.1, 0.15) is 0 Å². The molecule has 0 unspecified atom stereocenters. The number of aromatic hydroxyl groups is 1. The monoisotopic (exact) mass is 443 g/mol. The molecule has 0 bridgehead atoms. The summed E-state index contributed by atoms with van der Waals surface area (Å²) in [6.07, 6.45) is 0. The van der Waals surface area contributed by atoms with E-state index in [9.17, 15) is 13.5 Å². The predicted molar refractivity (Wildman–Crippen MR) is 121 cm³/mol. The summed E-state index contributed by atoms with van der Waals surface area (Å²) in [5.74, 6) is 0.201. The number of phenols is 1. The van der Waals surface area contributed by atoms with Crippen molar-refractivity contribution < 1.29 is 18.3 Å². The van der Waals surface area contributed by atoms with Crippen LogP contribution in [-0.4, -0.2) is 49.2 Å². The fourth-order valence-corrected chi connectivity index (χ4v) is 4.97. The number of hydrogen-bond acceptors (Lipinski definition) is 5. The summed E-state index contributed by atoms with van der Waals surface area (Å²) < 4.78 is 32.1. The number of sulfonamides is 1. The Kier molecular flexibility index (Phi) is 5.87. The van der Waals surface area contributed by atoms with Gasteiger partial charge in [0.25, 0.3) is 0 Å². The molecule has 3 N–H and O–H groups in total. The molecule has 0 aliphatic carbocycles. The standard InChI is InChI=1S/C21H21N3O4S2/c25-20-6-2-3-17-18(20)4-1-5-19(17)23-21(29)22-15-7-9-16(10-8-15)30(26,27)24-11-13-28-14-12-24/h1-10,25H,11-14H2,(H2,22,23,29). The first-order valence-corrected chi connectivity index (χ1v) is 11.3. The molecule has 4 rings (SSSR count). The number of fused-ring (bicyclic) bond motifs is 1. The van der Waals surface area contributed by atoms with E-state index in [0.29, 0.717) is 37.1 Å². The molecule has 1 saturated heterocycles. The van der Waals surface area contributed by atoms with Crippen LogP contribution in [0, 0.1) is 0 Å². The molecule has 1 aliphatic heterocycles. The lowest BCUT2D eigenvalue weighted by Gasteiger charge is -2.26. The smallest absolute Gasteiger partial charge is 0.243 e. The van der Waals surface area contributed by atoms with Crippen LogP contribution >= 0.6 is 12.2 Å². The molecule has 1 aliphatic rings. The van der Waals surface area contributed by atoms with E-state index in [0.717, 1.165) is 16.5 Å². The van der Waals surface area contributed by atoms with Crippen molar-refractivity contribution in [3.63, 3.8) is 0 Å². The fraction of sp³-hybridized carbons (Fsp3) is 0.190. The maximum Gasteiger partial charge on any atom is 0.243 e. The number of nitrogens with one attached hydrogen (secondary N) is 2. The highest BCUT2D eigenvalue weighted by Crippen LogP contribution is 2.30. The first kappa shape index (κ1) is 20.5. The molecule has 30 heavy (non-hydrogen) atoms. The Morgan fingerprint density at radius 2 is 1.60 bits per heavy atom. The Morgan fingerprint density at radius 1 is 0.933 bits per heavy atom. The van der Waals surface area contributed by atoms with E-state index in [1.54, 1.807) is 36.4 Å². The third kappa shape index (κ3) is 4.24. The molecule has 0 amide bonds. The van der Waals surface area contributed by atoms with E-state index in [-0.39, 0.29) is 10.6 Å². The largest absolute Gasteiger partial charge is 0.507 e. The molecule has 0 saturated carbocycles. The van der Waals surface area contributed by atoms with E-state index in [1.807, 2.05) is 24.3 Å². The van der Waals surface area contributed by atoms with Gasteiger partial charge in [0.15, 0.2) is 5.11 Å². The van der Waals surface area contributed by atoms with Gasteiger partial charge in [0.2, 0.25) is 10.0 Å². The summed E-state index contributed by atoms with van der Waals surface area (Å²) in [6.45, 7) is 1.53. The number of phenolic OH excluding ortho intramolecular Hbond substituents is 1. The molecule has 0 spiro atoms. The van der Waals surface area contributed by atoms with Gasteiger partial charge in [-0.05, 0) is 48.6 Å².